The molecule has 0 heterocycles. The highest BCUT2D eigenvalue weighted by Crippen LogP contribution is 2.05. The fourth-order valence-corrected chi connectivity index (χ4v) is 1.76. The zero-order valence-corrected chi connectivity index (χ0v) is 9.63. The van der Waals surface area contributed by atoms with Crippen molar-refractivity contribution in [1.29, 1.82) is 0 Å². The number of rotatable bonds is 6. The Balaban J connectivity index is 3.87. The van der Waals surface area contributed by atoms with Crippen molar-refractivity contribution >= 4 is 23.6 Å². The van der Waals surface area contributed by atoms with Crippen molar-refractivity contribution in [3.63, 3.8) is 0 Å². The van der Waals surface area contributed by atoms with Gasteiger partial charge < -0.3 is 10.0 Å². The number of hydrogen-bond donors (Lipinski definition) is 1. The second kappa shape index (κ2) is 6.70. The van der Waals surface area contributed by atoms with E-state index >= 15 is 0 Å². The Labute approximate surface area is 88.7 Å². The first-order valence-corrected chi connectivity index (χ1v) is 5.73. The minimum atomic E-state index is -0.879. The van der Waals surface area contributed by atoms with Crippen molar-refractivity contribution in [3.05, 3.63) is 0 Å². The fraction of sp³-hybridized carbons (Fsp3) is 0.778. The van der Waals surface area contributed by atoms with Crippen LogP contribution in [0.1, 0.15) is 20.8 Å². The number of thioether (sulfide) groups is 1. The molecule has 0 aliphatic rings. The van der Waals surface area contributed by atoms with Gasteiger partial charge >= 0.3 is 5.97 Å². The van der Waals surface area contributed by atoms with Gasteiger partial charge in [-0.1, -0.05) is 0 Å². The molecule has 0 aromatic rings. The first-order valence-electron chi connectivity index (χ1n) is 4.58. The maximum Gasteiger partial charge on any atom is 0.313 e. The Bertz CT molecular complexity index is 206. The van der Waals surface area contributed by atoms with Crippen molar-refractivity contribution < 1.29 is 14.7 Å². The maximum absolute atomic E-state index is 11.5. The summed E-state index contributed by atoms with van der Waals surface area (Å²) < 4.78 is 0. The molecule has 5 heteroatoms. The summed E-state index contributed by atoms with van der Waals surface area (Å²) in [5, 5.41) is 8.39. The summed E-state index contributed by atoms with van der Waals surface area (Å²) in [5.41, 5.74) is 0. The van der Waals surface area contributed by atoms with Crippen LogP contribution in [0.5, 0.6) is 0 Å². The molecular weight excluding hydrogens is 202 g/mol. The Kier molecular flexibility index (Phi) is 6.36. The average molecular weight is 219 g/mol. The largest absolute Gasteiger partial charge is 0.481 e. The average Bonchev–Trinajstić information content (AvgIpc) is 2.03. The van der Waals surface area contributed by atoms with Gasteiger partial charge in [-0.15, -0.1) is 11.8 Å². The van der Waals surface area contributed by atoms with Gasteiger partial charge in [-0.05, 0) is 20.8 Å². The van der Waals surface area contributed by atoms with Crippen LogP contribution in [-0.4, -0.2) is 46.0 Å². The maximum atomic E-state index is 11.5. The van der Waals surface area contributed by atoms with E-state index in [2.05, 4.69) is 0 Å². The van der Waals surface area contributed by atoms with Gasteiger partial charge in [0.25, 0.3) is 0 Å². The normalized spacial score (nSPS) is 10.3. The first-order chi connectivity index (χ1) is 6.49. The van der Waals surface area contributed by atoms with Gasteiger partial charge in [-0.2, -0.15) is 0 Å². The number of carbonyl (C=O) groups is 2. The van der Waals surface area contributed by atoms with Crippen molar-refractivity contribution in [2.24, 2.45) is 0 Å². The van der Waals surface area contributed by atoms with E-state index in [-0.39, 0.29) is 23.5 Å². The Morgan fingerprint density at radius 1 is 1.36 bits per heavy atom. The SMILES string of the molecule is CCN(C(=O)CSCC(=O)O)C(C)C. The van der Waals surface area contributed by atoms with Gasteiger partial charge in [-0.25, -0.2) is 0 Å². The van der Waals surface area contributed by atoms with E-state index in [9.17, 15) is 9.59 Å². The molecule has 0 bridgehead atoms. The van der Waals surface area contributed by atoms with Crippen LogP contribution in [0, 0.1) is 0 Å². The van der Waals surface area contributed by atoms with Crippen molar-refractivity contribution in [2.75, 3.05) is 18.1 Å². The molecular formula is C9H17NO3S. The molecule has 0 saturated heterocycles. The summed E-state index contributed by atoms with van der Waals surface area (Å²) in [6.45, 7) is 6.48. The first kappa shape index (κ1) is 13.3. The molecule has 0 rings (SSSR count). The van der Waals surface area contributed by atoms with Crippen molar-refractivity contribution in [2.45, 2.75) is 26.8 Å². The van der Waals surface area contributed by atoms with Crippen LogP contribution >= 0.6 is 11.8 Å². The molecule has 4 nitrogen and oxygen atoms in total. The lowest BCUT2D eigenvalue weighted by Gasteiger charge is -2.24. The molecule has 0 spiro atoms. The fourth-order valence-electron chi connectivity index (χ4n) is 1.14. The molecule has 0 saturated carbocycles. The number of aliphatic carboxylic acids is 1. The molecule has 0 unspecified atom stereocenters. The number of amides is 1. The monoisotopic (exact) mass is 219 g/mol. The summed E-state index contributed by atoms with van der Waals surface area (Å²) in [5.74, 6) is -0.635. The topological polar surface area (TPSA) is 57.6 Å². The molecule has 0 aromatic carbocycles. The second-order valence-corrected chi connectivity index (χ2v) is 4.15. The van der Waals surface area contributed by atoms with Gasteiger partial charge in [-0.3, -0.25) is 9.59 Å². The number of nitrogens with zero attached hydrogens (tertiary/aromatic N) is 1. The highest BCUT2D eigenvalue weighted by Gasteiger charge is 2.14. The molecule has 0 aliphatic carbocycles. The molecule has 82 valence electrons. The lowest BCUT2D eigenvalue weighted by molar-refractivity contribution is -0.133. The van der Waals surface area contributed by atoms with Crippen molar-refractivity contribution in [3.8, 4) is 0 Å². The van der Waals surface area contributed by atoms with Gasteiger partial charge in [0, 0.05) is 12.6 Å². The predicted molar refractivity (Wildman–Crippen MR) is 57.5 cm³/mol. The minimum absolute atomic E-state index is 0.00810. The van der Waals surface area contributed by atoms with Crippen LogP contribution < -0.4 is 0 Å². The third-order valence-electron chi connectivity index (χ3n) is 1.74. The zero-order valence-electron chi connectivity index (χ0n) is 8.82. The van der Waals surface area contributed by atoms with Crippen LogP contribution in [0.2, 0.25) is 0 Å². The highest BCUT2D eigenvalue weighted by molar-refractivity contribution is 8.00. The van der Waals surface area contributed by atoms with Gasteiger partial charge in [0.2, 0.25) is 5.91 Å². The molecule has 0 atom stereocenters. The highest BCUT2D eigenvalue weighted by atomic mass is 32.2. The van der Waals surface area contributed by atoms with E-state index in [1.807, 2.05) is 20.8 Å². The predicted octanol–water partition coefficient (Wildman–Crippen LogP) is 1.06. The summed E-state index contributed by atoms with van der Waals surface area (Å²) >= 11 is 1.14. The quantitative estimate of drug-likeness (QED) is 0.725. The molecule has 0 fully saturated rings. The summed E-state index contributed by atoms with van der Waals surface area (Å²) in [4.78, 5) is 23.4. The number of carbonyl (C=O) groups excluding carboxylic acids is 1. The lowest BCUT2D eigenvalue weighted by atomic mass is 10.3. The van der Waals surface area contributed by atoms with Crippen LogP contribution in [-0.2, 0) is 9.59 Å². The number of hydrogen-bond acceptors (Lipinski definition) is 3. The van der Waals surface area contributed by atoms with Crippen LogP contribution in [0.15, 0.2) is 0 Å². The third kappa shape index (κ3) is 5.11. The molecule has 0 aromatic heterocycles. The zero-order chi connectivity index (χ0) is 11.1. The van der Waals surface area contributed by atoms with E-state index < -0.39 is 5.97 Å². The molecule has 1 N–H and O–H groups in total. The smallest absolute Gasteiger partial charge is 0.313 e. The van der Waals surface area contributed by atoms with Gasteiger partial charge in [0.1, 0.15) is 0 Å². The molecule has 14 heavy (non-hydrogen) atoms. The lowest BCUT2D eigenvalue weighted by Crippen LogP contribution is -2.38. The van der Waals surface area contributed by atoms with Crippen LogP contribution in [0.4, 0.5) is 0 Å². The minimum Gasteiger partial charge on any atom is -0.481 e. The third-order valence-corrected chi connectivity index (χ3v) is 2.64. The van der Waals surface area contributed by atoms with Crippen LogP contribution in [0.3, 0.4) is 0 Å². The molecule has 0 aliphatic heterocycles. The van der Waals surface area contributed by atoms with E-state index in [0.717, 1.165) is 11.8 Å². The number of carboxylic acids is 1. The standard InChI is InChI=1S/C9H17NO3S/c1-4-10(7(2)3)8(11)5-14-6-9(12)13/h7H,4-6H2,1-3H3,(H,12,13). The molecule has 1 amide bonds. The molecule has 0 radical (unpaired) electrons. The van der Waals surface area contributed by atoms with E-state index in [0.29, 0.717) is 6.54 Å². The van der Waals surface area contributed by atoms with Gasteiger partial charge in [0.05, 0.1) is 11.5 Å². The van der Waals surface area contributed by atoms with Crippen LogP contribution in [0.25, 0.3) is 0 Å². The summed E-state index contributed by atoms with van der Waals surface area (Å²) in [6.07, 6.45) is 0. The Morgan fingerprint density at radius 2 is 1.93 bits per heavy atom. The van der Waals surface area contributed by atoms with Gasteiger partial charge in [0.15, 0.2) is 0 Å². The summed E-state index contributed by atoms with van der Waals surface area (Å²) in [7, 11) is 0. The second-order valence-electron chi connectivity index (χ2n) is 3.16. The van der Waals surface area contributed by atoms with E-state index in [1.54, 1.807) is 4.90 Å². The van der Waals surface area contributed by atoms with Crippen molar-refractivity contribution in [1.82, 2.24) is 4.90 Å². The number of carboxylic acid groups (broad SMARTS) is 1. The van der Waals surface area contributed by atoms with E-state index in [1.165, 1.54) is 0 Å². The van der Waals surface area contributed by atoms with E-state index in [4.69, 9.17) is 5.11 Å². The Morgan fingerprint density at radius 3 is 2.29 bits per heavy atom. The Hall–Kier alpha value is -0.710. The summed E-state index contributed by atoms with van der Waals surface area (Å²) in [6, 6.07) is 0.179.